The minimum Gasteiger partial charge on any atom is -0.308 e. The third-order valence-corrected chi connectivity index (χ3v) is 7.15. The van der Waals surface area contributed by atoms with Gasteiger partial charge in [0.25, 0.3) is 0 Å². The van der Waals surface area contributed by atoms with Crippen LogP contribution in [0.3, 0.4) is 0 Å². The second kappa shape index (κ2) is 7.02. The number of rotatable bonds is 4. The predicted molar refractivity (Wildman–Crippen MR) is 113 cm³/mol. The van der Waals surface area contributed by atoms with Crippen LogP contribution in [-0.2, 0) is 9.59 Å². The van der Waals surface area contributed by atoms with E-state index in [9.17, 15) is 14.4 Å². The van der Waals surface area contributed by atoms with Crippen LogP contribution in [-0.4, -0.2) is 28.0 Å². The number of hydrogen-bond acceptors (Lipinski definition) is 6. The molecule has 2 fully saturated rings. The fourth-order valence-corrected chi connectivity index (χ4v) is 5.37. The number of anilines is 3. The van der Waals surface area contributed by atoms with Gasteiger partial charge in [-0.1, -0.05) is 37.3 Å². The Hall–Kier alpha value is -3.07. The highest BCUT2D eigenvalue weighted by atomic mass is 32.1. The Morgan fingerprint density at radius 1 is 1.03 bits per heavy atom. The normalized spacial score (nSPS) is 26.6. The van der Waals surface area contributed by atoms with Crippen molar-refractivity contribution < 1.29 is 14.4 Å². The van der Waals surface area contributed by atoms with Gasteiger partial charge in [0.15, 0.2) is 0 Å². The number of aromatic nitrogens is 2. The van der Waals surface area contributed by atoms with Crippen LogP contribution in [0.15, 0.2) is 36.4 Å². The van der Waals surface area contributed by atoms with Crippen LogP contribution in [0, 0.1) is 23.7 Å². The van der Waals surface area contributed by atoms with Crippen molar-refractivity contribution >= 4 is 45.7 Å². The number of imide groups is 1. The number of allylic oxidation sites excluding steroid dienone is 2. The summed E-state index contributed by atoms with van der Waals surface area (Å²) in [6.07, 6.45) is 5.06. The molecule has 1 aromatic carbocycles. The van der Waals surface area contributed by atoms with E-state index in [2.05, 4.69) is 33.0 Å². The summed E-state index contributed by atoms with van der Waals surface area (Å²) in [5.41, 5.74) is 1.08. The average Bonchev–Trinajstić information content (AvgIpc) is 3.47. The highest BCUT2D eigenvalue weighted by Gasteiger charge is 2.59. The Labute approximate surface area is 177 Å². The van der Waals surface area contributed by atoms with E-state index >= 15 is 0 Å². The topological polar surface area (TPSA) is 104 Å². The number of nitrogens with zero attached hydrogens (tertiary/aromatic N) is 3. The highest BCUT2D eigenvalue weighted by molar-refractivity contribution is 7.15. The molecule has 2 heterocycles. The largest absolute Gasteiger partial charge is 0.325 e. The van der Waals surface area contributed by atoms with Crippen LogP contribution in [0.25, 0.3) is 0 Å². The maximum absolute atomic E-state index is 12.9. The van der Waals surface area contributed by atoms with Crippen molar-refractivity contribution in [3.63, 3.8) is 0 Å². The molecule has 30 heavy (non-hydrogen) atoms. The number of amides is 4. The standard InChI is InChI=1S/C21H21N5O3S/c1-10(2)17-24-25-21(30-17)23-20(29)22-13-5-7-14(8-6-13)26-18(27)15-11-3-4-12(9-11)16(15)19(26)28/h3-8,10-12,15-16H,9H2,1-2H3,(H2,22,23,25,29)/t11-,12-,15-,16+/m0/s1. The zero-order valence-electron chi connectivity index (χ0n) is 16.5. The average molecular weight is 423 g/mol. The summed E-state index contributed by atoms with van der Waals surface area (Å²) in [6.45, 7) is 4.02. The van der Waals surface area contributed by atoms with Crippen molar-refractivity contribution in [3.8, 4) is 0 Å². The number of nitrogens with one attached hydrogen (secondary N) is 2. The maximum atomic E-state index is 12.9. The second-order valence-corrected chi connectivity index (χ2v) is 9.25. The van der Waals surface area contributed by atoms with Crippen LogP contribution >= 0.6 is 11.3 Å². The molecule has 2 aliphatic carbocycles. The molecular formula is C21H21N5O3S. The first kappa shape index (κ1) is 18.9. The van der Waals surface area contributed by atoms with E-state index < -0.39 is 6.03 Å². The Kier molecular flexibility index (Phi) is 4.43. The molecule has 2 bridgehead atoms. The molecule has 154 valence electrons. The molecule has 0 spiro atoms. The number of carbonyl (C=O) groups excluding carboxylic acids is 3. The zero-order valence-corrected chi connectivity index (χ0v) is 17.3. The third-order valence-electron chi connectivity index (χ3n) is 6.01. The van der Waals surface area contributed by atoms with Gasteiger partial charge in [-0.2, -0.15) is 0 Å². The Morgan fingerprint density at radius 3 is 2.23 bits per heavy atom. The van der Waals surface area contributed by atoms with Crippen molar-refractivity contribution in [3.05, 3.63) is 41.4 Å². The van der Waals surface area contributed by atoms with Gasteiger partial charge in [0.2, 0.25) is 16.9 Å². The van der Waals surface area contributed by atoms with Gasteiger partial charge in [0, 0.05) is 11.6 Å². The van der Waals surface area contributed by atoms with Crippen LogP contribution < -0.4 is 15.5 Å². The van der Waals surface area contributed by atoms with Gasteiger partial charge >= 0.3 is 6.03 Å². The van der Waals surface area contributed by atoms with Crippen LogP contribution in [0.5, 0.6) is 0 Å². The molecule has 1 saturated heterocycles. The number of benzene rings is 1. The monoisotopic (exact) mass is 423 g/mol. The number of fused-ring (bicyclic) bond motifs is 5. The Balaban J connectivity index is 1.25. The van der Waals surface area contributed by atoms with Crippen molar-refractivity contribution in [2.45, 2.75) is 26.2 Å². The lowest BCUT2D eigenvalue weighted by atomic mass is 9.85. The lowest BCUT2D eigenvalue weighted by Gasteiger charge is -2.17. The first-order valence-electron chi connectivity index (χ1n) is 10.00. The molecular weight excluding hydrogens is 402 g/mol. The fourth-order valence-electron chi connectivity index (χ4n) is 4.63. The van der Waals surface area contributed by atoms with E-state index in [1.807, 2.05) is 13.8 Å². The summed E-state index contributed by atoms with van der Waals surface area (Å²) in [7, 11) is 0. The molecule has 5 rings (SSSR count). The van der Waals surface area contributed by atoms with Gasteiger partial charge in [-0.05, 0) is 42.5 Å². The van der Waals surface area contributed by atoms with Gasteiger partial charge < -0.3 is 5.32 Å². The minimum absolute atomic E-state index is 0.113. The number of hydrogen-bond donors (Lipinski definition) is 2. The van der Waals surface area contributed by atoms with Crippen molar-refractivity contribution in [2.24, 2.45) is 23.7 Å². The summed E-state index contributed by atoms with van der Waals surface area (Å²) in [5, 5.41) is 14.7. The number of carbonyl (C=O) groups is 3. The van der Waals surface area contributed by atoms with Gasteiger partial charge in [0.1, 0.15) is 5.01 Å². The Bertz CT molecular complexity index is 1030. The zero-order chi connectivity index (χ0) is 21.0. The van der Waals surface area contributed by atoms with Gasteiger partial charge in [-0.3, -0.25) is 19.8 Å². The van der Waals surface area contributed by atoms with E-state index in [-0.39, 0.29) is 41.4 Å². The van der Waals surface area contributed by atoms with Gasteiger partial charge in [-0.15, -0.1) is 10.2 Å². The SMILES string of the molecule is CC(C)c1nnc(NC(=O)Nc2ccc(N3C(=O)[C@@H]4[C@H](C3=O)[C@H]3C=C[C@H]4C3)cc2)s1. The molecule has 0 radical (unpaired) electrons. The molecule has 1 aliphatic heterocycles. The highest BCUT2D eigenvalue weighted by Crippen LogP contribution is 2.53. The van der Waals surface area contributed by atoms with E-state index in [1.165, 1.54) is 16.2 Å². The molecule has 2 N–H and O–H groups in total. The summed E-state index contributed by atoms with van der Waals surface area (Å²) < 4.78 is 0. The summed E-state index contributed by atoms with van der Waals surface area (Å²) >= 11 is 1.33. The molecule has 2 aromatic rings. The lowest BCUT2D eigenvalue weighted by Crippen LogP contribution is -2.32. The van der Waals surface area contributed by atoms with E-state index in [0.29, 0.717) is 16.5 Å². The van der Waals surface area contributed by atoms with E-state index in [0.717, 1.165) is 11.4 Å². The summed E-state index contributed by atoms with van der Waals surface area (Å²) in [5.74, 6) is -0.0621. The molecule has 1 saturated carbocycles. The number of urea groups is 1. The second-order valence-electron chi connectivity index (χ2n) is 8.24. The van der Waals surface area contributed by atoms with Crippen LogP contribution in [0.4, 0.5) is 21.3 Å². The van der Waals surface area contributed by atoms with Crippen molar-refractivity contribution in [2.75, 3.05) is 15.5 Å². The quantitative estimate of drug-likeness (QED) is 0.577. The molecule has 3 aliphatic rings. The Morgan fingerprint density at radius 2 is 1.67 bits per heavy atom. The van der Waals surface area contributed by atoms with Crippen LogP contribution in [0.1, 0.15) is 31.2 Å². The summed E-state index contributed by atoms with van der Waals surface area (Å²) in [6, 6.07) is 6.29. The maximum Gasteiger partial charge on any atom is 0.325 e. The first-order chi connectivity index (χ1) is 14.4. The predicted octanol–water partition coefficient (Wildman–Crippen LogP) is 3.62. The van der Waals surface area contributed by atoms with Crippen molar-refractivity contribution in [1.82, 2.24) is 10.2 Å². The third kappa shape index (κ3) is 3.00. The van der Waals surface area contributed by atoms with Crippen molar-refractivity contribution in [1.29, 1.82) is 0 Å². The molecule has 1 aromatic heterocycles. The van der Waals surface area contributed by atoms with E-state index in [4.69, 9.17) is 0 Å². The molecule has 0 unspecified atom stereocenters. The van der Waals surface area contributed by atoms with Crippen LogP contribution in [0.2, 0.25) is 0 Å². The molecule has 8 nitrogen and oxygen atoms in total. The lowest BCUT2D eigenvalue weighted by molar-refractivity contribution is -0.123. The fraction of sp³-hybridized carbons (Fsp3) is 0.381. The summed E-state index contributed by atoms with van der Waals surface area (Å²) in [4.78, 5) is 39.3. The molecule has 9 heteroatoms. The minimum atomic E-state index is -0.431. The van der Waals surface area contributed by atoms with Gasteiger partial charge in [-0.25, -0.2) is 4.79 Å². The van der Waals surface area contributed by atoms with E-state index in [1.54, 1.807) is 24.3 Å². The smallest absolute Gasteiger partial charge is 0.308 e. The molecule has 4 amide bonds. The van der Waals surface area contributed by atoms with Gasteiger partial charge in [0.05, 0.1) is 17.5 Å². The first-order valence-corrected chi connectivity index (χ1v) is 10.8. The molecule has 4 atom stereocenters.